The van der Waals surface area contributed by atoms with Crippen LogP contribution in [-0.4, -0.2) is 4.57 Å². The Morgan fingerprint density at radius 1 is 1.16 bits per heavy atom. The van der Waals surface area contributed by atoms with Crippen LogP contribution in [-0.2, 0) is 6.54 Å². The number of hydrogen-bond acceptors (Lipinski definition) is 2. The van der Waals surface area contributed by atoms with Gasteiger partial charge >= 0.3 is 0 Å². The molecular formula is C16H16N2S. The minimum atomic E-state index is 0.719. The van der Waals surface area contributed by atoms with Crippen molar-refractivity contribution in [2.75, 3.05) is 0 Å². The van der Waals surface area contributed by atoms with E-state index in [2.05, 4.69) is 78.1 Å². The number of fused-ring (bicyclic) bond motifs is 3. The highest BCUT2D eigenvalue weighted by Gasteiger charge is 2.10. The maximum atomic E-state index is 4.07. The maximum Gasteiger partial charge on any atom is 0.0631 e. The van der Waals surface area contributed by atoms with Crippen molar-refractivity contribution in [2.24, 2.45) is 0 Å². The Morgan fingerprint density at radius 2 is 1.89 bits per heavy atom. The van der Waals surface area contributed by atoms with E-state index in [-0.39, 0.29) is 0 Å². The molecule has 96 valence electrons. The number of rotatable bonds is 3. The standard InChI is InChI=1S/C16H16N2S/c1-11-7-8-14-13-5-3-4-6-15(13)18(16(14)9-11)10-12(2)17-19/h3-9,17,19H,2,10H2,1H3. The minimum absolute atomic E-state index is 0.719. The van der Waals surface area contributed by atoms with Gasteiger partial charge in [0, 0.05) is 27.5 Å². The molecule has 0 amide bonds. The number of nitrogens with one attached hydrogen (secondary N) is 1. The van der Waals surface area contributed by atoms with Crippen LogP contribution in [0.25, 0.3) is 21.8 Å². The number of benzene rings is 2. The van der Waals surface area contributed by atoms with Crippen LogP contribution >= 0.6 is 12.8 Å². The van der Waals surface area contributed by atoms with Gasteiger partial charge in [0.2, 0.25) is 0 Å². The zero-order chi connectivity index (χ0) is 13.4. The first-order valence-electron chi connectivity index (χ1n) is 6.26. The molecule has 0 atom stereocenters. The number of hydrogen-bond donors (Lipinski definition) is 2. The molecule has 3 heteroatoms. The lowest BCUT2D eigenvalue weighted by Gasteiger charge is -2.09. The second kappa shape index (κ2) is 4.67. The van der Waals surface area contributed by atoms with Crippen molar-refractivity contribution in [3.8, 4) is 0 Å². The Bertz CT molecular complexity index is 771. The van der Waals surface area contributed by atoms with E-state index in [0.717, 1.165) is 12.2 Å². The van der Waals surface area contributed by atoms with Crippen LogP contribution in [0.4, 0.5) is 0 Å². The summed E-state index contributed by atoms with van der Waals surface area (Å²) >= 11 is 4.07. The molecule has 0 saturated heterocycles. The van der Waals surface area contributed by atoms with Crippen LogP contribution in [0.15, 0.2) is 54.7 Å². The summed E-state index contributed by atoms with van der Waals surface area (Å²) in [5.74, 6) is 0. The fraction of sp³-hybridized carbons (Fsp3) is 0.125. The summed E-state index contributed by atoms with van der Waals surface area (Å²) in [4.78, 5) is 0. The normalized spacial score (nSPS) is 11.1. The number of aromatic nitrogens is 1. The topological polar surface area (TPSA) is 17.0 Å². The van der Waals surface area contributed by atoms with Gasteiger partial charge < -0.3 is 9.29 Å². The highest BCUT2D eigenvalue weighted by atomic mass is 32.1. The van der Waals surface area contributed by atoms with Gasteiger partial charge in [-0.1, -0.05) is 49.7 Å². The van der Waals surface area contributed by atoms with Crippen molar-refractivity contribution >= 4 is 34.6 Å². The Labute approximate surface area is 118 Å². The molecule has 0 unspecified atom stereocenters. The molecule has 3 aromatic rings. The van der Waals surface area contributed by atoms with Crippen molar-refractivity contribution in [3.63, 3.8) is 0 Å². The van der Waals surface area contributed by atoms with Gasteiger partial charge in [0.15, 0.2) is 0 Å². The van der Waals surface area contributed by atoms with E-state index in [4.69, 9.17) is 0 Å². The zero-order valence-electron chi connectivity index (χ0n) is 10.9. The molecule has 0 bridgehead atoms. The fourth-order valence-corrected chi connectivity index (χ4v) is 2.63. The molecule has 2 nitrogen and oxygen atoms in total. The van der Waals surface area contributed by atoms with E-state index in [1.165, 1.54) is 27.4 Å². The van der Waals surface area contributed by atoms with Crippen LogP contribution in [0.2, 0.25) is 0 Å². The number of nitrogens with zero attached hydrogens (tertiary/aromatic N) is 1. The molecule has 0 aliphatic carbocycles. The molecule has 1 heterocycles. The molecule has 1 aromatic heterocycles. The minimum Gasteiger partial charge on any atom is -0.335 e. The lowest BCUT2D eigenvalue weighted by Crippen LogP contribution is -2.07. The first-order valence-corrected chi connectivity index (χ1v) is 6.71. The van der Waals surface area contributed by atoms with Gasteiger partial charge in [-0.05, 0) is 24.6 Å². The average molecular weight is 268 g/mol. The quantitative estimate of drug-likeness (QED) is 0.685. The van der Waals surface area contributed by atoms with E-state index >= 15 is 0 Å². The van der Waals surface area contributed by atoms with Crippen molar-refractivity contribution < 1.29 is 0 Å². The van der Waals surface area contributed by atoms with Crippen LogP contribution in [0.3, 0.4) is 0 Å². The molecule has 19 heavy (non-hydrogen) atoms. The van der Waals surface area contributed by atoms with Gasteiger partial charge in [-0.3, -0.25) is 0 Å². The highest BCUT2D eigenvalue weighted by molar-refractivity contribution is 7.78. The van der Waals surface area contributed by atoms with E-state index in [9.17, 15) is 0 Å². The number of thiol groups is 1. The SMILES string of the molecule is C=C(Cn1c2ccccc2c2ccc(C)cc21)NS. The predicted octanol–water partition coefficient (Wildman–Crippen LogP) is 4.05. The molecule has 0 aliphatic rings. The van der Waals surface area contributed by atoms with Gasteiger partial charge in [-0.2, -0.15) is 0 Å². The number of allylic oxidation sites excluding steroid dienone is 1. The number of aryl methyl sites for hydroxylation is 1. The second-order valence-corrected chi connectivity index (χ2v) is 5.06. The van der Waals surface area contributed by atoms with Crippen molar-refractivity contribution in [2.45, 2.75) is 13.5 Å². The Kier molecular flexibility index (Phi) is 2.99. The van der Waals surface area contributed by atoms with Crippen LogP contribution < -0.4 is 4.72 Å². The van der Waals surface area contributed by atoms with E-state index in [0.29, 0.717) is 0 Å². The lowest BCUT2D eigenvalue weighted by atomic mass is 10.1. The third-order valence-electron chi connectivity index (χ3n) is 3.44. The largest absolute Gasteiger partial charge is 0.335 e. The van der Waals surface area contributed by atoms with Gasteiger partial charge in [0.1, 0.15) is 0 Å². The van der Waals surface area contributed by atoms with E-state index in [1.54, 1.807) is 0 Å². The first-order chi connectivity index (χ1) is 9.20. The molecule has 3 rings (SSSR count). The number of para-hydroxylation sites is 1. The van der Waals surface area contributed by atoms with Crippen LogP contribution in [0.1, 0.15) is 5.56 Å². The monoisotopic (exact) mass is 268 g/mol. The molecule has 0 radical (unpaired) electrons. The summed E-state index contributed by atoms with van der Waals surface area (Å²) in [6.07, 6.45) is 0. The van der Waals surface area contributed by atoms with E-state index < -0.39 is 0 Å². The first kappa shape index (κ1) is 12.2. The zero-order valence-corrected chi connectivity index (χ0v) is 11.7. The molecule has 0 aliphatic heterocycles. The molecule has 0 fully saturated rings. The Balaban J connectivity index is 2.36. The third-order valence-corrected chi connectivity index (χ3v) is 3.75. The summed E-state index contributed by atoms with van der Waals surface area (Å²) in [6, 6.07) is 15.0. The summed E-state index contributed by atoms with van der Waals surface area (Å²) in [5, 5.41) is 2.57. The van der Waals surface area contributed by atoms with Crippen molar-refractivity contribution in [1.82, 2.24) is 9.29 Å². The molecular weight excluding hydrogens is 252 g/mol. The molecule has 0 saturated carbocycles. The van der Waals surface area contributed by atoms with Gasteiger partial charge in [0.25, 0.3) is 0 Å². The summed E-state index contributed by atoms with van der Waals surface area (Å²) < 4.78 is 5.11. The van der Waals surface area contributed by atoms with Crippen molar-refractivity contribution in [3.05, 3.63) is 60.3 Å². The smallest absolute Gasteiger partial charge is 0.0631 e. The predicted molar refractivity (Wildman–Crippen MR) is 85.4 cm³/mol. The van der Waals surface area contributed by atoms with E-state index in [1.807, 2.05) is 0 Å². The van der Waals surface area contributed by atoms with Gasteiger partial charge in [-0.15, -0.1) is 0 Å². The Hall–Kier alpha value is -1.87. The highest BCUT2D eigenvalue weighted by Crippen LogP contribution is 2.29. The van der Waals surface area contributed by atoms with Crippen LogP contribution in [0, 0.1) is 6.92 Å². The van der Waals surface area contributed by atoms with Crippen molar-refractivity contribution in [1.29, 1.82) is 0 Å². The molecule has 0 spiro atoms. The summed E-state index contributed by atoms with van der Waals surface area (Å²) in [5.41, 5.74) is 4.62. The average Bonchev–Trinajstić information content (AvgIpc) is 2.73. The second-order valence-electron chi connectivity index (χ2n) is 4.84. The van der Waals surface area contributed by atoms with Crippen LogP contribution in [0.5, 0.6) is 0 Å². The summed E-state index contributed by atoms with van der Waals surface area (Å²) in [6.45, 7) is 6.81. The van der Waals surface area contributed by atoms with Gasteiger partial charge in [0.05, 0.1) is 6.54 Å². The maximum absolute atomic E-state index is 4.07. The lowest BCUT2D eigenvalue weighted by molar-refractivity contribution is 0.826. The molecule has 1 N–H and O–H groups in total. The molecule has 2 aromatic carbocycles. The Morgan fingerprint density at radius 3 is 2.68 bits per heavy atom. The fourth-order valence-electron chi connectivity index (χ4n) is 2.56. The summed E-state index contributed by atoms with van der Waals surface area (Å²) in [7, 11) is 0. The third kappa shape index (κ3) is 2.00. The van der Waals surface area contributed by atoms with Gasteiger partial charge in [-0.25, -0.2) is 0 Å².